The van der Waals surface area contributed by atoms with Crippen molar-refractivity contribution in [2.24, 2.45) is 0 Å². The van der Waals surface area contributed by atoms with Gasteiger partial charge in [0.1, 0.15) is 6.04 Å². The van der Waals surface area contributed by atoms with E-state index in [9.17, 15) is 0 Å². The average Bonchev–Trinajstić information content (AvgIpc) is 2.09. The summed E-state index contributed by atoms with van der Waals surface area (Å²) in [7, 11) is 1.97. The number of nitrogens with zero attached hydrogens (tertiary/aromatic N) is 3. The molecule has 64 valence electrons. The Bertz CT molecular complexity index is 223. The van der Waals surface area contributed by atoms with Gasteiger partial charge in [-0.05, 0) is 7.05 Å². The van der Waals surface area contributed by atoms with Crippen LogP contribution in [0, 0.1) is 23.7 Å². The monoisotopic (exact) mass is 163 g/mol. The minimum Gasteiger partial charge on any atom is -0.289 e. The Morgan fingerprint density at radius 3 is 2.92 bits per heavy atom. The molecule has 0 aromatic rings. The molecule has 1 rings (SSSR count). The number of piperazine rings is 1. The van der Waals surface area contributed by atoms with Gasteiger partial charge in [-0.1, -0.05) is 5.92 Å². The molecule has 0 saturated carbocycles. The van der Waals surface area contributed by atoms with E-state index >= 15 is 0 Å². The summed E-state index contributed by atoms with van der Waals surface area (Å²) in [6.45, 7) is 3.34. The van der Waals surface area contributed by atoms with E-state index in [1.54, 1.807) is 0 Å². The van der Waals surface area contributed by atoms with Gasteiger partial charge in [-0.25, -0.2) is 0 Å². The number of nitriles is 1. The number of rotatable bonds is 1. The van der Waals surface area contributed by atoms with Crippen LogP contribution in [0.3, 0.4) is 0 Å². The zero-order valence-corrected chi connectivity index (χ0v) is 7.32. The molecule has 1 aliphatic rings. The minimum absolute atomic E-state index is 0.00657. The second-order valence-electron chi connectivity index (χ2n) is 3.06. The lowest BCUT2D eigenvalue weighted by atomic mass is 10.2. The van der Waals surface area contributed by atoms with Gasteiger partial charge in [0.25, 0.3) is 0 Å². The molecule has 3 heteroatoms. The van der Waals surface area contributed by atoms with E-state index in [-0.39, 0.29) is 6.04 Å². The lowest BCUT2D eigenvalue weighted by Crippen LogP contribution is -2.50. The smallest absolute Gasteiger partial charge is 0.110 e. The van der Waals surface area contributed by atoms with E-state index in [0.29, 0.717) is 6.54 Å². The standard InChI is InChI=1S/C9H13N3/c1-3-4-12-6-5-11(2)9(7-10)8-12/h1,9H,4-6,8H2,2H3. The second-order valence-corrected chi connectivity index (χ2v) is 3.06. The zero-order chi connectivity index (χ0) is 8.97. The maximum Gasteiger partial charge on any atom is 0.110 e. The first-order chi connectivity index (χ1) is 5.77. The summed E-state index contributed by atoms with van der Waals surface area (Å²) in [4.78, 5) is 4.20. The van der Waals surface area contributed by atoms with Crippen molar-refractivity contribution in [2.75, 3.05) is 33.2 Å². The minimum atomic E-state index is 0.00657. The van der Waals surface area contributed by atoms with Crippen LogP contribution in [0.15, 0.2) is 0 Å². The van der Waals surface area contributed by atoms with Gasteiger partial charge >= 0.3 is 0 Å². The Morgan fingerprint density at radius 2 is 2.33 bits per heavy atom. The van der Waals surface area contributed by atoms with E-state index in [1.165, 1.54) is 0 Å². The highest BCUT2D eigenvalue weighted by molar-refractivity contribution is 4.98. The maximum absolute atomic E-state index is 8.78. The fourth-order valence-corrected chi connectivity index (χ4v) is 1.34. The average molecular weight is 163 g/mol. The Hall–Kier alpha value is -1.03. The molecule has 1 aliphatic heterocycles. The molecule has 0 aromatic heterocycles. The predicted octanol–water partition coefficient (Wildman–Crippen LogP) is -0.241. The van der Waals surface area contributed by atoms with Gasteiger partial charge in [0.15, 0.2) is 0 Å². The summed E-state index contributed by atoms with van der Waals surface area (Å²) in [6.07, 6.45) is 5.19. The number of hydrogen-bond donors (Lipinski definition) is 0. The lowest BCUT2D eigenvalue weighted by Gasteiger charge is -2.34. The molecule has 1 heterocycles. The summed E-state index contributed by atoms with van der Waals surface area (Å²) in [5.74, 6) is 2.59. The molecule has 0 aliphatic carbocycles. The van der Waals surface area contributed by atoms with E-state index < -0.39 is 0 Å². The quantitative estimate of drug-likeness (QED) is 0.500. The molecule has 1 fully saturated rings. The van der Waals surface area contributed by atoms with Crippen LogP contribution in [0.1, 0.15) is 0 Å². The highest BCUT2D eigenvalue weighted by Crippen LogP contribution is 2.05. The van der Waals surface area contributed by atoms with Crippen molar-refractivity contribution in [3.05, 3.63) is 0 Å². The lowest BCUT2D eigenvalue weighted by molar-refractivity contribution is 0.134. The SMILES string of the molecule is C#CCN1CCN(C)C(C#N)C1. The van der Waals surface area contributed by atoms with Crippen molar-refractivity contribution in [1.82, 2.24) is 9.80 Å². The Balaban J connectivity index is 2.46. The van der Waals surface area contributed by atoms with Gasteiger partial charge in [-0.2, -0.15) is 5.26 Å². The molecule has 3 nitrogen and oxygen atoms in total. The molecule has 0 spiro atoms. The van der Waals surface area contributed by atoms with Crippen LogP contribution < -0.4 is 0 Å². The van der Waals surface area contributed by atoms with Crippen molar-refractivity contribution in [2.45, 2.75) is 6.04 Å². The number of terminal acetylenes is 1. The molecule has 12 heavy (non-hydrogen) atoms. The summed E-state index contributed by atoms with van der Waals surface area (Å²) in [5.41, 5.74) is 0. The second kappa shape index (κ2) is 4.11. The van der Waals surface area contributed by atoms with E-state index in [1.807, 2.05) is 7.05 Å². The summed E-state index contributed by atoms with van der Waals surface area (Å²) >= 11 is 0. The Kier molecular flexibility index (Phi) is 3.10. The Labute approximate surface area is 73.6 Å². The molecular weight excluding hydrogens is 150 g/mol. The molecular formula is C9H13N3. The molecule has 1 saturated heterocycles. The van der Waals surface area contributed by atoms with Crippen LogP contribution in [0.2, 0.25) is 0 Å². The first kappa shape index (κ1) is 9.06. The summed E-state index contributed by atoms with van der Waals surface area (Å²) in [5, 5.41) is 8.78. The third-order valence-electron chi connectivity index (χ3n) is 2.20. The molecule has 0 bridgehead atoms. The largest absolute Gasteiger partial charge is 0.289 e. The molecule has 0 aromatic carbocycles. The maximum atomic E-state index is 8.78. The van der Waals surface area contributed by atoms with Crippen molar-refractivity contribution in [3.8, 4) is 18.4 Å². The highest BCUT2D eigenvalue weighted by Gasteiger charge is 2.22. The summed E-state index contributed by atoms with van der Waals surface area (Å²) < 4.78 is 0. The van der Waals surface area contributed by atoms with E-state index in [0.717, 1.165) is 19.6 Å². The molecule has 0 radical (unpaired) electrons. The van der Waals surface area contributed by atoms with Gasteiger partial charge in [0.05, 0.1) is 12.6 Å². The summed E-state index contributed by atoms with van der Waals surface area (Å²) in [6, 6.07) is 2.26. The van der Waals surface area contributed by atoms with Gasteiger partial charge < -0.3 is 0 Å². The fourth-order valence-electron chi connectivity index (χ4n) is 1.34. The fraction of sp³-hybridized carbons (Fsp3) is 0.667. The van der Waals surface area contributed by atoms with Crippen molar-refractivity contribution in [3.63, 3.8) is 0 Å². The van der Waals surface area contributed by atoms with Crippen LogP contribution in [0.4, 0.5) is 0 Å². The van der Waals surface area contributed by atoms with Crippen LogP contribution in [0.25, 0.3) is 0 Å². The van der Waals surface area contributed by atoms with Gasteiger partial charge in [-0.15, -0.1) is 6.42 Å². The highest BCUT2D eigenvalue weighted by atomic mass is 15.3. The molecule has 1 atom stereocenters. The van der Waals surface area contributed by atoms with Crippen molar-refractivity contribution in [1.29, 1.82) is 5.26 Å². The van der Waals surface area contributed by atoms with Crippen LogP contribution in [-0.2, 0) is 0 Å². The number of likely N-dealkylation sites (N-methyl/N-ethyl adjacent to an activating group) is 1. The van der Waals surface area contributed by atoms with Crippen molar-refractivity contribution < 1.29 is 0 Å². The van der Waals surface area contributed by atoms with Crippen LogP contribution >= 0.6 is 0 Å². The van der Waals surface area contributed by atoms with E-state index in [4.69, 9.17) is 11.7 Å². The van der Waals surface area contributed by atoms with Crippen molar-refractivity contribution >= 4 is 0 Å². The first-order valence-corrected chi connectivity index (χ1v) is 4.03. The third kappa shape index (κ3) is 1.98. The number of hydrogen-bond acceptors (Lipinski definition) is 3. The normalized spacial score (nSPS) is 26.1. The van der Waals surface area contributed by atoms with Gasteiger partial charge in [0.2, 0.25) is 0 Å². The Morgan fingerprint density at radius 1 is 1.58 bits per heavy atom. The van der Waals surface area contributed by atoms with Gasteiger partial charge in [-0.3, -0.25) is 9.80 Å². The molecule has 0 N–H and O–H groups in total. The predicted molar refractivity (Wildman–Crippen MR) is 47.3 cm³/mol. The third-order valence-corrected chi connectivity index (χ3v) is 2.20. The van der Waals surface area contributed by atoms with E-state index in [2.05, 4.69) is 21.8 Å². The van der Waals surface area contributed by atoms with Crippen LogP contribution in [-0.4, -0.2) is 49.1 Å². The van der Waals surface area contributed by atoms with Gasteiger partial charge in [0, 0.05) is 19.6 Å². The molecule has 0 amide bonds. The molecule has 1 unspecified atom stereocenters. The topological polar surface area (TPSA) is 30.3 Å². The zero-order valence-electron chi connectivity index (χ0n) is 7.32. The van der Waals surface area contributed by atoms with Crippen LogP contribution in [0.5, 0.6) is 0 Å². The first-order valence-electron chi connectivity index (χ1n) is 4.03.